The van der Waals surface area contributed by atoms with Crippen molar-refractivity contribution in [2.75, 3.05) is 52.5 Å². The van der Waals surface area contributed by atoms with E-state index in [9.17, 15) is 14.7 Å². The van der Waals surface area contributed by atoms with Crippen LogP contribution in [-0.2, 0) is 14.3 Å². The average Bonchev–Trinajstić information content (AvgIpc) is 2.93. The van der Waals surface area contributed by atoms with E-state index in [-0.39, 0.29) is 31.1 Å². The van der Waals surface area contributed by atoms with Crippen molar-refractivity contribution in [2.45, 2.75) is 33.8 Å². The van der Waals surface area contributed by atoms with Crippen LogP contribution < -0.4 is 0 Å². The summed E-state index contributed by atoms with van der Waals surface area (Å²) in [6, 6.07) is 5.97. The van der Waals surface area contributed by atoms with Gasteiger partial charge in [0.15, 0.2) is 0 Å². The smallest absolute Gasteiger partial charge is 0.277 e. The quantitative estimate of drug-likeness (QED) is 0.648. The number of hydrogen-bond acceptors (Lipinski definition) is 6. The number of rotatable bonds is 8. The number of amides is 2. The Kier molecular flexibility index (Phi) is 7.28. The molecule has 164 valence electrons. The number of hydrogen-bond donors (Lipinski definition) is 1. The fraction of sp³-hybridized carbons (Fsp3) is 0.565. The normalized spacial score (nSPS) is 18.3. The van der Waals surface area contributed by atoms with E-state index in [1.165, 1.54) is 4.90 Å². The molecule has 1 N–H and O–H groups in total. The number of β-amino-alcohol motifs (C(OH)–C–C–N with tert-alkyl or cyclic N) is 1. The van der Waals surface area contributed by atoms with Crippen molar-refractivity contribution >= 4 is 17.4 Å². The van der Waals surface area contributed by atoms with Crippen LogP contribution in [0.1, 0.15) is 30.5 Å². The van der Waals surface area contributed by atoms with Gasteiger partial charge in [-0.1, -0.05) is 23.8 Å². The van der Waals surface area contributed by atoms with Gasteiger partial charge in [0.1, 0.15) is 5.70 Å². The van der Waals surface area contributed by atoms with Gasteiger partial charge < -0.3 is 14.7 Å². The predicted octanol–water partition coefficient (Wildman–Crippen LogP) is 1.42. The fourth-order valence-electron chi connectivity index (χ4n) is 4.11. The first-order valence-electron chi connectivity index (χ1n) is 10.7. The number of nitrogens with zero attached hydrogens (tertiary/aromatic N) is 3. The highest BCUT2D eigenvalue weighted by atomic mass is 16.5. The van der Waals surface area contributed by atoms with Crippen molar-refractivity contribution in [3.8, 4) is 0 Å². The zero-order valence-electron chi connectivity index (χ0n) is 18.5. The van der Waals surface area contributed by atoms with Gasteiger partial charge in [-0.2, -0.15) is 0 Å². The van der Waals surface area contributed by atoms with Gasteiger partial charge in [-0.3, -0.25) is 19.4 Å². The number of ether oxygens (including phenoxy) is 1. The Hall–Kier alpha value is -2.22. The van der Waals surface area contributed by atoms with E-state index in [0.29, 0.717) is 37.5 Å². The fourth-order valence-corrected chi connectivity index (χ4v) is 4.11. The monoisotopic (exact) mass is 415 g/mol. The maximum Gasteiger partial charge on any atom is 0.277 e. The van der Waals surface area contributed by atoms with Crippen molar-refractivity contribution in [1.29, 1.82) is 0 Å². The third-order valence-corrected chi connectivity index (χ3v) is 5.67. The summed E-state index contributed by atoms with van der Waals surface area (Å²) < 4.78 is 5.59. The van der Waals surface area contributed by atoms with Gasteiger partial charge in [-0.25, -0.2) is 0 Å². The lowest BCUT2D eigenvalue weighted by molar-refractivity contribution is -0.138. The van der Waals surface area contributed by atoms with Crippen molar-refractivity contribution in [1.82, 2.24) is 14.7 Å². The first-order chi connectivity index (χ1) is 14.3. The van der Waals surface area contributed by atoms with Gasteiger partial charge in [0.25, 0.3) is 11.8 Å². The standard InChI is InChI=1S/C23H33N3O4/c1-16(2)30-14-12-26-22(28)20(19-6-5-17(3)15-18(19)4)21(23(26)29)25-9-7-24(8-10-25)11-13-27/h5-6,15-16,27H,7-14H2,1-4H3. The van der Waals surface area contributed by atoms with Crippen LogP contribution in [-0.4, -0.2) is 90.2 Å². The Morgan fingerprint density at radius 1 is 1.03 bits per heavy atom. The molecule has 0 unspecified atom stereocenters. The van der Waals surface area contributed by atoms with Crippen LogP contribution in [0.5, 0.6) is 0 Å². The van der Waals surface area contributed by atoms with Gasteiger partial charge >= 0.3 is 0 Å². The number of aliphatic hydroxyl groups excluding tert-OH is 1. The minimum atomic E-state index is -0.243. The molecular weight excluding hydrogens is 382 g/mol. The lowest BCUT2D eigenvalue weighted by Gasteiger charge is -2.36. The van der Waals surface area contributed by atoms with E-state index in [1.54, 1.807) is 0 Å². The predicted molar refractivity (Wildman–Crippen MR) is 116 cm³/mol. The van der Waals surface area contributed by atoms with Gasteiger partial charge in [0, 0.05) is 32.7 Å². The van der Waals surface area contributed by atoms with Gasteiger partial charge in [0.2, 0.25) is 0 Å². The molecule has 0 radical (unpaired) electrons. The van der Waals surface area contributed by atoms with Crippen molar-refractivity contribution in [3.05, 3.63) is 40.6 Å². The number of carbonyl (C=O) groups excluding carboxylic acids is 2. The molecule has 0 aliphatic carbocycles. The summed E-state index contributed by atoms with van der Waals surface area (Å²) in [7, 11) is 0. The van der Waals surface area contributed by atoms with Crippen LogP contribution in [0.4, 0.5) is 0 Å². The summed E-state index contributed by atoms with van der Waals surface area (Å²) in [5.41, 5.74) is 3.93. The van der Waals surface area contributed by atoms with Crippen molar-refractivity contribution in [2.24, 2.45) is 0 Å². The highest BCUT2D eigenvalue weighted by Gasteiger charge is 2.42. The molecule has 7 heteroatoms. The number of imide groups is 1. The molecule has 0 bridgehead atoms. The van der Waals surface area contributed by atoms with E-state index in [4.69, 9.17) is 4.74 Å². The Morgan fingerprint density at radius 3 is 2.33 bits per heavy atom. The molecule has 2 heterocycles. The number of aryl methyl sites for hydroxylation is 2. The summed E-state index contributed by atoms with van der Waals surface area (Å²) in [5, 5.41) is 9.19. The molecule has 0 atom stereocenters. The van der Waals surface area contributed by atoms with Gasteiger partial charge in [0.05, 0.1) is 31.4 Å². The molecule has 1 aromatic rings. The molecular formula is C23H33N3O4. The molecule has 7 nitrogen and oxygen atoms in total. The lowest BCUT2D eigenvalue weighted by Crippen LogP contribution is -2.48. The van der Waals surface area contributed by atoms with E-state index in [1.807, 2.05) is 50.8 Å². The number of piperazine rings is 1. The zero-order chi connectivity index (χ0) is 21.8. The Morgan fingerprint density at radius 2 is 1.73 bits per heavy atom. The number of carbonyl (C=O) groups is 2. The second kappa shape index (κ2) is 9.73. The largest absolute Gasteiger partial charge is 0.395 e. The first kappa shape index (κ1) is 22.5. The Labute approximate surface area is 178 Å². The highest BCUT2D eigenvalue weighted by Crippen LogP contribution is 2.34. The maximum atomic E-state index is 13.4. The minimum Gasteiger partial charge on any atom is -0.395 e. The summed E-state index contributed by atoms with van der Waals surface area (Å²) in [6.45, 7) is 12.0. The second-order valence-corrected chi connectivity index (χ2v) is 8.28. The topological polar surface area (TPSA) is 73.3 Å². The Balaban J connectivity index is 1.92. The molecule has 30 heavy (non-hydrogen) atoms. The van der Waals surface area contributed by atoms with E-state index in [2.05, 4.69) is 4.90 Å². The molecule has 2 aliphatic rings. The first-order valence-corrected chi connectivity index (χ1v) is 10.7. The summed E-state index contributed by atoms with van der Waals surface area (Å²) in [4.78, 5) is 32.3. The average molecular weight is 416 g/mol. The van der Waals surface area contributed by atoms with Gasteiger partial charge in [-0.05, 0) is 38.8 Å². The maximum absolute atomic E-state index is 13.4. The zero-order valence-corrected chi connectivity index (χ0v) is 18.5. The van der Waals surface area contributed by atoms with Crippen LogP contribution in [0.15, 0.2) is 23.9 Å². The van der Waals surface area contributed by atoms with E-state index >= 15 is 0 Å². The number of aliphatic hydroxyl groups is 1. The third kappa shape index (κ3) is 4.74. The summed E-state index contributed by atoms with van der Waals surface area (Å²) >= 11 is 0. The molecule has 1 aromatic carbocycles. The second-order valence-electron chi connectivity index (χ2n) is 8.28. The number of benzene rings is 1. The van der Waals surface area contributed by atoms with Gasteiger partial charge in [-0.15, -0.1) is 0 Å². The van der Waals surface area contributed by atoms with Crippen molar-refractivity contribution in [3.63, 3.8) is 0 Å². The van der Waals surface area contributed by atoms with Crippen LogP contribution in [0.3, 0.4) is 0 Å². The molecule has 2 aliphatic heterocycles. The summed E-state index contributed by atoms with van der Waals surface area (Å²) in [5.74, 6) is -0.481. The SMILES string of the molecule is Cc1ccc(C2=C(N3CCN(CCO)CC3)C(=O)N(CCOC(C)C)C2=O)c(C)c1. The molecule has 1 fully saturated rings. The van der Waals surface area contributed by atoms with Crippen molar-refractivity contribution < 1.29 is 19.4 Å². The van der Waals surface area contributed by atoms with Crippen LogP contribution >= 0.6 is 0 Å². The molecule has 2 amide bonds. The van der Waals surface area contributed by atoms with Crippen LogP contribution in [0, 0.1) is 13.8 Å². The van der Waals surface area contributed by atoms with E-state index < -0.39 is 0 Å². The van der Waals surface area contributed by atoms with E-state index in [0.717, 1.165) is 29.8 Å². The molecule has 1 saturated heterocycles. The van der Waals surface area contributed by atoms with Crippen LogP contribution in [0.2, 0.25) is 0 Å². The third-order valence-electron chi connectivity index (χ3n) is 5.67. The Bertz CT molecular complexity index is 826. The molecule has 3 rings (SSSR count). The molecule has 0 spiro atoms. The minimum absolute atomic E-state index is 0.0450. The van der Waals surface area contributed by atoms with Crippen LogP contribution in [0.25, 0.3) is 5.57 Å². The molecule has 0 aromatic heterocycles. The summed E-state index contributed by atoms with van der Waals surface area (Å²) in [6.07, 6.45) is 0.0450. The highest BCUT2D eigenvalue weighted by molar-refractivity contribution is 6.35. The molecule has 0 saturated carbocycles. The lowest BCUT2D eigenvalue weighted by atomic mass is 9.97.